The van der Waals surface area contributed by atoms with Crippen LogP contribution in [0, 0.1) is 13.8 Å². The number of amides is 1. The molecule has 3 rings (SSSR count). The number of carbonyl (C=O) groups excluding carboxylic acids is 1. The zero-order chi connectivity index (χ0) is 28.4. The maximum absolute atomic E-state index is 13.5. The highest BCUT2D eigenvalue weighted by atomic mass is 32.2. The fourth-order valence-corrected chi connectivity index (χ4v) is 5.16. The first-order valence-corrected chi connectivity index (χ1v) is 14.0. The quantitative estimate of drug-likeness (QED) is 0.346. The van der Waals surface area contributed by atoms with Crippen LogP contribution in [-0.4, -0.2) is 54.0 Å². The molecule has 0 aliphatic rings. The highest BCUT2D eigenvalue weighted by molar-refractivity contribution is 7.89. The molecule has 38 heavy (non-hydrogen) atoms. The molecular weight excluding hydrogens is 521 g/mol. The monoisotopic (exact) mass is 555 g/mol. The van der Waals surface area contributed by atoms with Crippen LogP contribution in [0.2, 0.25) is 0 Å². The van der Waals surface area contributed by atoms with Crippen molar-refractivity contribution in [3.05, 3.63) is 74.7 Å². The Bertz CT molecular complexity index is 1540. The highest BCUT2D eigenvalue weighted by Crippen LogP contribution is 2.28. The number of nitrogens with one attached hydrogen (secondary N) is 3. The summed E-state index contributed by atoms with van der Waals surface area (Å²) in [5.41, 5.74) is 3.88. The van der Waals surface area contributed by atoms with Crippen molar-refractivity contribution in [2.24, 2.45) is 0 Å². The van der Waals surface area contributed by atoms with Gasteiger partial charge < -0.3 is 15.6 Å². The van der Waals surface area contributed by atoms with E-state index in [4.69, 9.17) is 4.98 Å². The minimum Gasteiger partial charge on any atom is -0.367 e. The van der Waals surface area contributed by atoms with Gasteiger partial charge in [-0.3, -0.25) is 9.59 Å². The van der Waals surface area contributed by atoms with E-state index >= 15 is 0 Å². The van der Waals surface area contributed by atoms with Gasteiger partial charge in [-0.1, -0.05) is 12.1 Å². The third kappa shape index (κ3) is 6.38. The van der Waals surface area contributed by atoms with Gasteiger partial charge in [-0.25, -0.2) is 17.7 Å². The van der Waals surface area contributed by atoms with E-state index in [2.05, 4.69) is 24.5 Å². The Morgan fingerprint density at radius 2 is 1.76 bits per heavy atom. The summed E-state index contributed by atoms with van der Waals surface area (Å²) in [4.78, 5) is 33.7. The normalized spacial score (nSPS) is 11.6. The van der Waals surface area contributed by atoms with Crippen LogP contribution in [-0.2, 0) is 16.6 Å². The molecule has 0 aliphatic heterocycles. The van der Waals surface area contributed by atoms with Crippen molar-refractivity contribution in [1.29, 1.82) is 0 Å². The van der Waals surface area contributed by atoms with Gasteiger partial charge in [-0.2, -0.15) is 0 Å². The van der Waals surface area contributed by atoms with Crippen LogP contribution >= 0.6 is 8.86 Å². The number of aromatic nitrogens is 2. The molecule has 3 N–H and O–H groups in total. The van der Waals surface area contributed by atoms with Crippen LogP contribution in [0.1, 0.15) is 53.5 Å². The number of pyridine rings is 2. The first-order chi connectivity index (χ1) is 17.7. The summed E-state index contributed by atoms with van der Waals surface area (Å²) in [6.07, 6.45) is 0. The van der Waals surface area contributed by atoms with E-state index < -0.39 is 10.0 Å². The molecule has 202 valence electrons. The Labute approximate surface area is 226 Å². The molecule has 0 unspecified atom stereocenters. The molecule has 3 aromatic rings. The third-order valence-corrected chi connectivity index (χ3v) is 7.99. The molecule has 0 atom stereocenters. The van der Waals surface area contributed by atoms with Gasteiger partial charge in [0.05, 0.1) is 16.2 Å². The first kappa shape index (κ1) is 29.2. The Morgan fingerprint density at radius 1 is 1.13 bits per heavy atom. The van der Waals surface area contributed by atoms with Crippen LogP contribution in [0.5, 0.6) is 0 Å². The molecule has 0 spiro atoms. The number of carbonyl (C=O) groups is 1. The van der Waals surface area contributed by atoms with Crippen LogP contribution < -0.4 is 16.2 Å². The topological polar surface area (TPSA) is 124 Å². The molecule has 9 nitrogen and oxygen atoms in total. The molecule has 0 radical (unpaired) electrons. The summed E-state index contributed by atoms with van der Waals surface area (Å²) >= 11 is 0. The number of hydrogen-bond donors (Lipinski definition) is 3. The zero-order valence-electron chi connectivity index (χ0n) is 22.7. The molecule has 0 fully saturated rings. The van der Waals surface area contributed by atoms with Gasteiger partial charge in [-0.05, 0) is 69.7 Å². The molecule has 11 heteroatoms. The lowest BCUT2D eigenvalue weighted by atomic mass is 10.0. The lowest BCUT2D eigenvalue weighted by molar-refractivity contribution is 0.0950. The number of rotatable bonds is 9. The lowest BCUT2D eigenvalue weighted by Crippen LogP contribution is -2.29. The van der Waals surface area contributed by atoms with Crippen LogP contribution in [0.25, 0.3) is 11.3 Å². The Hall–Kier alpha value is -3.33. The van der Waals surface area contributed by atoms with Crippen molar-refractivity contribution >= 4 is 35.9 Å². The van der Waals surface area contributed by atoms with Gasteiger partial charge in [0, 0.05) is 49.1 Å². The van der Waals surface area contributed by atoms with E-state index in [9.17, 15) is 18.0 Å². The smallest absolute Gasteiger partial charge is 0.253 e. The maximum atomic E-state index is 13.5. The summed E-state index contributed by atoms with van der Waals surface area (Å²) < 4.78 is 26.1. The standard InChI is InChI=1S/C27H34N5O4PS/c1-15(2)29-25-24(18(5)37)21(26(33)28-14-22-16(3)12-17(4)30-27(22)34)13-23(31-25)19-8-10-20(11-9-19)38(35,36)32(6)7/h8-13,15,37H,14H2,1-7H3,(H,28,33)(H,29,31)(H,30,34). The molecule has 0 saturated heterocycles. The number of aryl methyl sites for hydroxylation is 2. The van der Waals surface area contributed by atoms with E-state index in [1.165, 1.54) is 26.2 Å². The van der Waals surface area contributed by atoms with Crippen molar-refractivity contribution in [3.63, 3.8) is 0 Å². The Kier molecular flexibility index (Phi) is 8.92. The van der Waals surface area contributed by atoms with E-state index in [0.717, 1.165) is 15.6 Å². The SMILES string of the molecule is CC(=P)c1c(C(=O)NCc2c(C)cc(C)[nH]c2=O)cc(-c2ccc(S(=O)(=O)N(C)C)cc2)nc1NC(C)C. The summed E-state index contributed by atoms with van der Waals surface area (Å²) in [5, 5.41) is 6.89. The largest absolute Gasteiger partial charge is 0.367 e. The predicted molar refractivity (Wildman–Crippen MR) is 155 cm³/mol. The first-order valence-electron chi connectivity index (χ1n) is 12.1. The zero-order valence-corrected chi connectivity index (χ0v) is 24.5. The predicted octanol–water partition coefficient (Wildman–Crippen LogP) is 3.74. The third-order valence-electron chi connectivity index (χ3n) is 5.91. The van der Waals surface area contributed by atoms with E-state index in [1.54, 1.807) is 18.2 Å². The van der Waals surface area contributed by atoms with Crippen LogP contribution in [0.15, 0.2) is 46.1 Å². The fourth-order valence-electron chi connectivity index (χ4n) is 4.00. The second kappa shape index (κ2) is 11.6. The van der Waals surface area contributed by atoms with Gasteiger partial charge in [0.1, 0.15) is 5.82 Å². The van der Waals surface area contributed by atoms with Gasteiger partial charge in [-0.15, -0.1) is 8.86 Å². The van der Waals surface area contributed by atoms with Crippen molar-refractivity contribution in [2.45, 2.75) is 52.1 Å². The van der Waals surface area contributed by atoms with E-state index in [1.807, 2.05) is 40.7 Å². The molecule has 0 aliphatic carbocycles. The number of anilines is 1. The molecule has 1 amide bonds. The Balaban J connectivity index is 2.09. The summed E-state index contributed by atoms with van der Waals surface area (Å²) in [6.45, 7) is 9.46. The number of hydrogen-bond acceptors (Lipinski definition) is 6. The number of nitrogens with zero attached hydrogens (tertiary/aromatic N) is 2. The summed E-state index contributed by atoms with van der Waals surface area (Å²) in [7, 11) is 2.95. The summed E-state index contributed by atoms with van der Waals surface area (Å²) in [5.74, 6) is 0.128. The lowest BCUT2D eigenvalue weighted by Gasteiger charge is -2.19. The van der Waals surface area contributed by atoms with Crippen LogP contribution in [0.3, 0.4) is 0 Å². The Morgan fingerprint density at radius 3 is 2.29 bits per heavy atom. The maximum Gasteiger partial charge on any atom is 0.253 e. The number of H-pyrrole nitrogens is 1. The summed E-state index contributed by atoms with van der Waals surface area (Å²) in [6, 6.07) is 9.92. The number of benzene rings is 1. The van der Waals surface area contributed by atoms with Crippen molar-refractivity contribution in [3.8, 4) is 11.3 Å². The van der Waals surface area contributed by atoms with E-state index in [-0.39, 0.29) is 28.9 Å². The second-order valence-corrected chi connectivity index (χ2v) is 12.5. The van der Waals surface area contributed by atoms with Crippen molar-refractivity contribution < 1.29 is 13.2 Å². The highest BCUT2D eigenvalue weighted by Gasteiger charge is 2.22. The molecule has 0 bridgehead atoms. The molecule has 2 heterocycles. The van der Waals surface area contributed by atoms with Crippen molar-refractivity contribution in [2.75, 3.05) is 19.4 Å². The van der Waals surface area contributed by atoms with Gasteiger partial charge in [0.25, 0.3) is 11.5 Å². The average molecular weight is 556 g/mol. The molecule has 2 aromatic heterocycles. The van der Waals surface area contributed by atoms with Crippen molar-refractivity contribution in [1.82, 2.24) is 19.6 Å². The fraction of sp³-hybridized carbons (Fsp3) is 0.333. The average Bonchev–Trinajstić information content (AvgIpc) is 2.82. The van der Waals surface area contributed by atoms with Gasteiger partial charge in [0.2, 0.25) is 10.0 Å². The minimum absolute atomic E-state index is 0.0276. The number of aromatic amines is 1. The number of sulfonamides is 1. The van der Waals surface area contributed by atoms with Gasteiger partial charge in [0.15, 0.2) is 0 Å². The second-order valence-electron chi connectivity index (χ2n) is 9.64. The molecule has 0 saturated carbocycles. The van der Waals surface area contributed by atoms with Gasteiger partial charge >= 0.3 is 0 Å². The van der Waals surface area contributed by atoms with Crippen LogP contribution in [0.4, 0.5) is 5.82 Å². The minimum atomic E-state index is -3.58. The van der Waals surface area contributed by atoms with E-state index in [0.29, 0.717) is 39.1 Å². The molecular formula is C27H34N5O4PS. The molecule has 1 aromatic carbocycles.